The number of ether oxygens (including phenoxy) is 2. The van der Waals surface area contributed by atoms with Gasteiger partial charge in [-0.15, -0.1) is 11.3 Å². The lowest BCUT2D eigenvalue weighted by Crippen LogP contribution is -2.42. The second-order valence-corrected chi connectivity index (χ2v) is 12.7. The lowest BCUT2D eigenvalue weighted by Gasteiger charge is -2.35. The molecule has 0 fully saturated rings. The van der Waals surface area contributed by atoms with Crippen molar-refractivity contribution in [3.63, 3.8) is 0 Å². The minimum Gasteiger partial charge on any atom is -0.456 e. The van der Waals surface area contributed by atoms with Gasteiger partial charge in [-0.25, -0.2) is 21.6 Å². The number of thiophene rings is 1. The van der Waals surface area contributed by atoms with Gasteiger partial charge in [-0.3, -0.25) is 19.2 Å². The molecule has 33 heavy (non-hydrogen) atoms. The maximum Gasteiger partial charge on any atom is 0.303 e. The molecular formula is C18H24N2O10S3. The molecule has 15 heteroatoms. The number of carbonyl (C=O) groups excluding carboxylic acids is 4. The Kier molecular flexibility index (Phi) is 8.24. The molecule has 2 atom stereocenters. The average Bonchev–Trinajstić information content (AvgIpc) is 3.17. The summed E-state index contributed by atoms with van der Waals surface area (Å²) in [5.41, 5.74) is 0.101. The average molecular weight is 525 g/mol. The van der Waals surface area contributed by atoms with Gasteiger partial charge in [0.1, 0.15) is 8.42 Å². The summed E-state index contributed by atoms with van der Waals surface area (Å²) in [5.74, 6) is -3.13. The molecule has 2 rings (SSSR count). The molecule has 1 aliphatic rings. The van der Waals surface area contributed by atoms with Crippen LogP contribution in [0.3, 0.4) is 0 Å². The third-order valence-corrected chi connectivity index (χ3v) is 10.5. The van der Waals surface area contributed by atoms with Gasteiger partial charge < -0.3 is 14.4 Å². The number of esters is 2. The fourth-order valence-electron chi connectivity index (χ4n) is 3.21. The first-order valence-electron chi connectivity index (χ1n) is 9.70. The van der Waals surface area contributed by atoms with Gasteiger partial charge >= 0.3 is 11.9 Å². The highest BCUT2D eigenvalue weighted by Gasteiger charge is 2.43. The van der Waals surface area contributed by atoms with Crippen LogP contribution in [0.2, 0.25) is 0 Å². The SMILES string of the molecule is CCN(C(=O)COC(C)=O)[C@H]1C[C@H](C)S(=O)(=O)c2sc(S(=O)(=O)NC(=O)COC(C)=O)cc21. The van der Waals surface area contributed by atoms with Crippen LogP contribution in [0.25, 0.3) is 0 Å². The van der Waals surface area contributed by atoms with Crippen molar-refractivity contribution in [2.75, 3.05) is 19.8 Å². The summed E-state index contributed by atoms with van der Waals surface area (Å²) >= 11 is 0.459. The summed E-state index contributed by atoms with van der Waals surface area (Å²) in [6.07, 6.45) is 0.00398. The van der Waals surface area contributed by atoms with Gasteiger partial charge in [0.25, 0.3) is 21.8 Å². The lowest BCUT2D eigenvalue weighted by molar-refractivity contribution is -0.151. The van der Waals surface area contributed by atoms with E-state index in [4.69, 9.17) is 4.74 Å². The molecule has 1 aromatic rings. The third-order valence-electron chi connectivity index (χ3n) is 4.76. The Hall–Kier alpha value is -2.52. The summed E-state index contributed by atoms with van der Waals surface area (Å²) in [5, 5.41) is -0.918. The van der Waals surface area contributed by atoms with Crippen LogP contribution < -0.4 is 4.72 Å². The number of hydrogen-bond acceptors (Lipinski definition) is 11. The maximum atomic E-state index is 12.9. The lowest BCUT2D eigenvalue weighted by atomic mass is 10.0. The normalized spacial score (nSPS) is 19.2. The number of nitrogens with zero attached hydrogens (tertiary/aromatic N) is 1. The quantitative estimate of drug-likeness (QED) is 0.461. The summed E-state index contributed by atoms with van der Waals surface area (Å²) in [4.78, 5) is 47.6. The molecule has 184 valence electrons. The maximum absolute atomic E-state index is 12.9. The minimum absolute atomic E-state index is 0.00398. The Labute approximate surface area is 195 Å². The molecule has 1 aromatic heterocycles. The van der Waals surface area contributed by atoms with Crippen LogP contribution in [-0.2, 0) is 48.5 Å². The monoisotopic (exact) mass is 524 g/mol. The van der Waals surface area contributed by atoms with Crippen molar-refractivity contribution in [3.05, 3.63) is 11.6 Å². The highest BCUT2D eigenvalue weighted by molar-refractivity contribution is 7.95. The van der Waals surface area contributed by atoms with E-state index in [1.807, 2.05) is 0 Å². The molecule has 0 unspecified atom stereocenters. The molecule has 1 N–H and O–H groups in total. The van der Waals surface area contributed by atoms with E-state index in [0.29, 0.717) is 11.3 Å². The summed E-state index contributed by atoms with van der Waals surface area (Å²) in [7, 11) is -8.36. The standard InChI is InChI=1S/C18H24N2O10S3/c1-5-20(16(24)9-30-12(4)22)14-6-10(2)32(25,26)18-13(14)7-17(31-18)33(27,28)19-15(23)8-29-11(3)21/h7,10,14H,5-6,8-9H2,1-4H3,(H,19,23)/t10-,14-/m0/s1. The Morgan fingerprint density at radius 2 is 1.73 bits per heavy atom. The van der Waals surface area contributed by atoms with E-state index in [-0.39, 0.29) is 22.7 Å². The van der Waals surface area contributed by atoms with Crippen LogP contribution in [0.5, 0.6) is 0 Å². The van der Waals surface area contributed by atoms with Crippen molar-refractivity contribution >= 4 is 55.0 Å². The van der Waals surface area contributed by atoms with Gasteiger partial charge in [0.2, 0.25) is 0 Å². The zero-order chi connectivity index (χ0) is 25.1. The molecule has 0 radical (unpaired) electrons. The molecule has 0 saturated heterocycles. The Balaban J connectivity index is 2.45. The van der Waals surface area contributed by atoms with Crippen molar-refractivity contribution in [3.8, 4) is 0 Å². The van der Waals surface area contributed by atoms with E-state index in [1.54, 1.807) is 11.6 Å². The minimum atomic E-state index is -4.48. The Morgan fingerprint density at radius 3 is 2.27 bits per heavy atom. The summed E-state index contributed by atoms with van der Waals surface area (Å²) in [6, 6.07) is 0.320. The molecule has 2 heterocycles. The first-order chi connectivity index (χ1) is 15.2. The van der Waals surface area contributed by atoms with Gasteiger partial charge in [-0.1, -0.05) is 0 Å². The molecule has 0 aromatic carbocycles. The van der Waals surface area contributed by atoms with Crippen LogP contribution in [0.4, 0.5) is 0 Å². The number of fused-ring (bicyclic) bond motifs is 1. The van der Waals surface area contributed by atoms with E-state index < -0.39 is 72.3 Å². The van der Waals surface area contributed by atoms with E-state index >= 15 is 0 Å². The highest BCUT2D eigenvalue weighted by atomic mass is 32.3. The molecular weight excluding hydrogens is 500 g/mol. The first kappa shape index (κ1) is 26.7. The fraction of sp³-hybridized carbons (Fsp3) is 0.556. The Bertz CT molecular complexity index is 1170. The van der Waals surface area contributed by atoms with Crippen molar-refractivity contribution in [2.45, 2.75) is 53.8 Å². The molecule has 0 saturated carbocycles. The molecule has 2 amide bonds. The van der Waals surface area contributed by atoms with Gasteiger partial charge in [-0.05, 0) is 26.3 Å². The summed E-state index contributed by atoms with van der Waals surface area (Å²) in [6.45, 7) is 4.06. The topological polar surface area (TPSA) is 170 Å². The zero-order valence-electron chi connectivity index (χ0n) is 18.3. The predicted octanol–water partition coefficient (Wildman–Crippen LogP) is 0.135. The number of carbonyl (C=O) groups is 4. The Morgan fingerprint density at radius 1 is 1.15 bits per heavy atom. The third kappa shape index (κ3) is 6.09. The predicted molar refractivity (Wildman–Crippen MR) is 114 cm³/mol. The first-order valence-corrected chi connectivity index (χ1v) is 13.5. The van der Waals surface area contributed by atoms with Crippen LogP contribution in [0.15, 0.2) is 14.5 Å². The van der Waals surface area contributed by atoms with Gasteiger partial charge in [-0.2, -0.15) is 0 Å². The largest absolute Gasteiger partial charge is 0.456 e. The number of likely N-dealkylation sites (N-methyl/N-ethyl adjacent to an activating group) is 1. The van der Waals surface area contributed by atoms with Gasteiger partial charge in [0, 0.05) is 26.0 Å². The van der Waals surface area contributed by atoms with Crippen LogP contribution in [-0.4, -0.2) is 70.5 Å². The van der Waals surface area contributed by atoms with E-state index in [0.717, 1.165) is 19.9 Å². The van der Waals surface area contributed by atoms with Crippen LogP contribution in [0.1, 0.15) is 45.7 Å². The number of sulfone groups is 1. The van der Waals surface area contributed by atoms with Crippen LogP contribution >= 0.6 is 11.3 Å². The smallest absolute Gasteiger partial charge is 0.303 e. The van der Waals surface area contributed by atoms with Crippen molar-refractivity contribution in [2.24, 2.45) is 0 Å². The molecule has 1 aliphatic heterocycles. The number of sulfonamides is 1. The van der Waals surface area contributed by atoms with Crippen molar-refractivity contribution in [1.82, 2.24) is 9.62 Å². The number of nitrogens with one attached hydrogen (secondary N) is 1. The molecule has 12 nitrogen and oxygen atoms in total. The van der Waals surface area contributed by atoms with Crippen molar-refractivity contribution < 1.29 is 45.5 Å². The second-order valence-electron chi connectivity index (χ2n) is 7.18. The number of hydrogen-bond donors (Lipinski definition) is 1. The van der Waals surface area contributed by atoms with E-state index in [2.05, 4.69) is 4.74 Å². The van der Waals surface area contributed by atoms with Gasteiger partial charge in [0.05, 0.1) is 11.3 Å². The zero-order valence-corrected chi connectivity index (χ0v) is 20.8. The highest BCUT2D eigenvalue weighted by Crippen LogP contribution is 2.45. The molecule has 0 spiro atoms. The second kappa shape index (κ2) is 10.2. The van der Waals surface area contributed by atoms with Gasteiger partial charge in [0.15, 0.2) is 23.1 Å². The van der Waals surface area contributed by atoms with Crippen molar-refractivity contribution in [1.29, 1.82) is 0 Å². The van der Waals surface area contributed by atoms with Crippen LogP contribution in [0, 0.1) is 0 Å². The molecule has 0 bridgehead atoms. The van der Waals surface area contributed by atoms with E-state index in [1.165, 1.54) is 11.8 Å². The number of rotatable bonds is 8. The molecule has 0 aliphatic carbocycles. The fourth-order valence-corrected chi connectivity index (χ4v) is 8.16. The summed E-state index contributed by atoms with van der Waals surface area (Å²) < 4.78 is 61.3. The number of amides is 2. The van der Waals surface area contributed by atoms with E-state index in [9.17, 15) is 36.0 Å².